The first-order chi connectivity index (χ1) is 15.5. The second-order valence-corrected chi connectivity index (χ2v) is 7.21. The largest absolute Gasteiger partial charge is 0.460 e. The summed E-state index contributed by atoms with van der Waals surface area (Å²) in [7, 11) is 0. The fraction of sp³-hybridized carbons (Fsp3) is 0.167. The number of hydrogen-bond acceptors (Lipinski definition) is 5. The molecule has 3 heterocycles. The number of furan rings is 1. The van der Waals surface area contributed by atoms with Gasteiger partial charge in [0.2, 0.25) is 0 Å². The van der Waals surface area contributed by atoms with Crippen LogP contribution in [0.5, 0.6) is 0 Å². The van der Waals surface area contributed by atoms with Crippen molar-refractivity contribution in [1.29, 1.82) is 5.26 Å². The lowest BCUT2D eigenvalue weighted by atomic mass is 10.2. The molecule has 0 spiro atoms. The molecule has 1 aromatic carbocycles. The molecule has 0 saturated carbocycles. The Kier molecular flexibility index (Phi) is 6.08. The first-order valence-corrected chi connectivity index (χ1v) is 10.0. The zero-order valence-corrected chi connectivity index (χ0v) is 17.4. The molecule has 0 aliphatic heterocycles. The van der Waals surface area contributed by atoms with E-state index < -0.39 is 0 Å². The van der Waals surface area contributed by atoms with Gasteiger partial charge in [0, 0.05) is 31.5 Å². The van der Waals surface area contributed by atoms with Crippen molar-refractivity contribution in [2.75, 3.05) is 6.54 Å². The van der Waals surface area contributed by atoms with E-state index in [1.54, 1.807) is 47.6 Å². The maximum Gasteiger partial charge on any atom is 0.272 e. The van der Waals surface area contributed by atoms with Gasteiger partial charge >= 0.3 is 0 Å². The predicted molar refractivity (Wildman–Crippen MR) is 115 cm³/mol. The summed E-state index contributed by atoms with van der Waals surface area (Å²) in [4.78, 5) is 19.3. The number of carbonyl (C=O) groups excluding carboxylic acids is 1. The van der Waals surface area contributed by atoms with Gasteiger partial charge in [0.05, 0.1) is 18.2 Å². The lowest BCUT2D eigenvalue weighted by Gasteiger charge is -2.22. The average Bonchev–Trinajstić information content (AvgIpc) is 3.44. The van der Waals surface area contributed by atoms with Crippen molar-refractivity contribution < 1.29 is 13.6 Å². The third-order valence-corrected chi connectivity index (χ3v) is 4.87. The van der Waals surface area contributed by atoms with Gasteiger partial charge in [0.15, 0.2) is 5.76 Å². The zero-order chi connectivity index (χ0) is 22.5. The van der Waals surface area contributed by atoms with Gasteiger partial charge in [0.25, 0.3) is 5.91 Å². The van der Waals surface area contributed by atoms with Crippen LogP contribution in [0.2, 0.25) is 0 Å². The van der Waals surface area contributed by atoms with Crippen molar-refractivity contribution in [2.24, 2.45) is 0 Å². The average molecular weight is 429 g/mol. The van der Waals surface area contributed by atoms with Crippen LogP contribution in [-0.4, -0.2) is 32.1 Å². The normalized spacial score (nSPS) is 10.7. The maximum atomic E-state index is 13.6. The Morgan fingerprint density at radius 1 is 1.22 bits per heavy atom. The molecule has 0 aliphatic carbocycles. The lowest BCUT2D eigenvalue weighted by molar-refractivity contribution is 0.0737. The van der Waals surface area contributed by atoms with E-state index in [1.165, 1.54) is 16.8 Å². The quantitative estimate of drug-likeness (QED) is 0.431. The van der Waals surface area contributed by atoms with Gasteiger partial charge < -0.3 is 9.32 Å². The van der Waals surface area contributed by atoms with E-state index in [0.29, 0.717) is 17.1 Å². The SMILES string of the molecule is Cc1ccc(-c2cc(C(=O)N(CCC#N)Cc3cccnc3)n(-c3ccc(F)cc3)n2)o1. The molecule has 4 rings (SSSR count). The lowest BCUT2D eigenvalue weighted by Crippen LogP contribution is -2.33. The molecule has 8 heteroatoms. The smallest absolute Gasteiger partial charge is 0.272 e. The second kappa shape index (κ2) is 9.27. The highest BCUT2D eigenvalue weighted by atomic mass is 19.1. The monoisotopic (exact) mass is 429 g/mol. The van der Waals surface area contributed by atoms with Gasteiger partial charge in [-0.15, -0.1) is 0 Å². The summed E-state index contributed by atoms with van der Waals surface area (Å²) >= 11 is 0. The molecule has 3 aromatic heterocycles. The molecular formula is C24H20FN5O2. The number of carbonyl (C=O) groups is 1. The fourth-order valence-electron chi connectivity index (χ4n) is 3.32. The molecule has 0 fully saturated rings. The van der Waals surface area contributed by atoms with Crippen LogP contribution in [0.15, 0.2) is 71.4 Å². The van der Waals surface area contributed by atoms with Crippen LogP contribution < -0.4 is 0 Å². The van der Waals surface area contributed by atoms with Gasteiger partial charge in [0.1, 0.15) is 23.0 Å². The summed E-state index contributed by atoms with van der Waals surface area (Å²) in [6, 6.07) is 16.7. The fourth-order valence-corrected chi connectivity index (χ4v) is 3.32. The molecule has 0 N–H and O–H groups in total. The van der Waals surface area contributed by atoms with Crippen LogP contribution in [0.3, 0.4) is 0 Å². The maximum absolute atomic E-state index is 13.6. The number of pyridine rings is 1. The van der Waals surface area contributed by atoms with E-state index in [4.69, 9.17) is 9.68 Å². The van der Waals surface area contributed by atoms with Crippen molar-refractivity contribution in [2.45, 2.75) is 19.9 Å². The highest BCUT2D eigenvalue weighted by molar-refractivity contribution is 5.94. The minimum Gasteiger partial charge on any atom is -0.460 e. The summed E-state index contributed by atoms with van der Waals surface area (Å²) in [6.45, 7) is 2.36. The van der Waals surface area contributed by atoms with Crippen LogP contribution in [0, 0.1) is 24.1 Å². The van der Waals surface area contributed by atoms with Crippen LogP contribution in [-0.2, 0) is 6.54 Å². The van der Waals surface area contributed by atoms with Gasteiger partial charge in [-0.2, -0.15) is 10.4 Å². The van der Waals surface area contributed by atoms with Crippen molar-refractivity contribution in [3.05, 3.63) is 89.8 Å². The molecule has 160 valence electrons. The number of nitriles is 1. The number of nitrogens with zero attached hydrogens (tertiary/aromatic N) is 5. The molecular weight excluding hydrogens is 409 g/mol. The van der Waals surface area contributed by atoms with Crippen molar-refractivity contribution >= 4 is 5.91 Å². The van der Waals surface area contributed by atoms with Gasteiger partial charge in [-0.3, -0.25) is 9.78 Å². The number of aromatic nitrogens is 3. The Hall–Kier alpha value is -4.25. The van der Waals surface area contributed by atoms with E-state index in [0.717, 1.165) is 11.3 Å². The minimum atomic E-state index is -0.386. The second-order valence-electron chi connectivity index (χ2n) is 7.21. The molecule has 0 bridgehead atoms. The molecule has 0 saturated heterocycles. The summed E-state index contributed by atoms with van der Waals surface area (Å²) < 4.78 is 20.6. The van der Waals surface area contributed by atoms with Gasteiger partial charge in [-0.25, -0.2) is 9.07 Å². The van der Waals surface area contributed by atoms with Crippen molar-refractivity contribution in [3.8, 4) is 23.2 Å². The van der Waals surface area contributed by atoms with E-state index >= 15 is 0 Å². The number of rotatable bonds is 7. The Balaban J connectivity index is 1.76. The molecule has 0 unspecified atom stereocenters. The third kappa shape index (κ3) is 4.57. The van der Waals surface area contributed by atoms with Crippen molar-refractivity contribution in [3.63, 3.8) is 0 Å². The summed E-state index contributed by atoms with van der Waals surface area (Å²) in [5.74, 6) is 0.544. The van der Waals surface area contributed by atoms with Crippen LogP contribution >= 0.6 is 0 Å². The molecule has 0 radical (unpaired) electrons. The Morgan fingerprint density at radius 3 is 2.69 bits per heavy atom. The number of benzene rings is 1. The molecule has 4 aromatic rings. The highest BCUT2D eigenvalue weighted by Crippen LogP contribution is 2.25. The standard InChI is InChI=1S/C24H20FN5O2/c1-17-5-10-23(32-17)21-14-22(30(28-21)20-8-6-19(25)7-9-20)24(31)29(13-3-11-26)16-18-4-2-12-27-15-18/h2,4-10,12,14-15H,3,13,16H2,1H3. The van der Waals surface area contributed by atoms with Crippen LogP contribution in [0.4, 0.5) is 4.39 Å². The van der Waals surface area contributed by atoms with E-state index in [2.05, 4.69) is 16.2 Å². The van der Waals surface area contributed by atoms with Gasteiger partial charge in [-0.05, 0) is 55.0 Å². The summed E-state index contributed by atoms with van der Waals surface area (Å²) in [6.07, 6.45) is 3.52. The number of halogens is 1. The van der Waals surface area contributed by atoms with E-state index in [9.17, 15) is 9.18 Å². The summed E-state index contributed by atoms with van der Waals surface area (Å²) in [5.41, 5.74) is 2.13. The zero-order valence-electron chi connectivity index (χ0n) is 17.4. The first-order valence-electron chi connectivity index (χ1n) is 10.0. The first kappa shape index (κ1) is 21.0. The number of hydrogen-bond donors (Lipinski definition) is 0. The van der Waals surface area contributed by atoms with Crippen molar-refractivity contribution in [1.82, 2.24) is 19.7 Å². The van der Waals surface area contributed by atoms with Crippen LogP contribution in [0.25, 0.3) is 17.1 Å². The van der Waals surface area contributed by atoms with Crippen LogP contribution in [0.1, 0.15) is 28.2 Å². The molecule has 7 nitrogen and oxygen atoms in total. The third-order valence-electron chi connectivity index (χ3n) is 4.87. The topological polar surface area (TPSA) is 88.0 Å². The Labute approximate surface area is 184 Å². The molecule has 0 atom stereocenters. The predicted octanol–water partition coefficient (Wildman–Crippen LogP) is 4.53. The van der Waals surface area contributed by atoms with E-state index in [1.807, 2.05) is 19.1 Å². The number of aryl methyl sites for hydroxylation is 1. The minimum absolute atomic E-state index is 0.181. The summed E-state index contributed by atoms with van der Waals surface area (Å²) in [5, 5.41) is 13.6. The molecule has 32 heavy (non-hydrogen) atoms. The number of amides is 1. The molecule has 1 amide bonds. The van der Waals surface area contributed by atoms with E-state index in [-0.39, 0.29) is 36.9 Å². The Morgan fingerprint density at radius 2 is 2.03 bits per heavy atom. The Bertz CT molecular complexity index is 1260. The highest BCUT2D eigenvalue weighted by Gasteiger charge is 2.24. The van der Waals surface area contributed by atoms with Gasteiger partial charge in [-0.1, -0.05) is 6.07 Å². The molecule has 0 aliphatic rings.